The molecular formula is C17H12ClF2NO3. The summed E-state index contributed by atoms with van der Waals surface area (Å²) in [6.07, 6.45) is 0. The minimum Gasteiger partial charge on any atom is -0.506 e. The van der Waals surface area contributed by atoms with Crippen LogP contribution in [0.25, 0.3) is 10.9 Å². The van der Waals surface area contributed by atoms with E-state index < -0.39 is 6.61 Å². The zero-order valence-electron chi connectivity index (χ0n) is 12.5. The van der Waals surface area contributed by atoms with Crippen LogP contribution in [0.1, 0.15) is 16.1 Å². The molecule has 0 amide bonds. The number of carbonyl (C=O) groups excluding carboxylic acids is 1. The molecule has 0 aliphatic carbocycles. The lowest BCUT2D eigenvalue weighted by molar-refractivity contribution is -0.0498. The molecular weight excluding hydrogens is 340 g/mol. The molecule has 4 nitrogen and oxygen atoms in total. The standard InChI is InChI=1S/C17H12ClF2NO3/c1-9-6-11-7-15(22)13(18)8-14(11)21(9)16(23)10-2-4-12(5-3-10)24-17(19)20/h2-8,17,22H,1H3. The van der Waals surface area contributed by atoms with E-state index in [9.17, 15) is 18.7 Å². The first kappa shape index (κ1) is 16.3. The molecule has 1 aromatic heterocycles. The van der Waals surface area contributed by atoms with Gasteiger partial charge in [-0.15, -0.1) is 0 Å². The van der Waals surface area contributed by atoms with Crippen molar-refractivity contribution in [2.24, 2.45) is 0 Å². The molecule has 1 heterocycles. The predicted octanol–water partition coefficient (Wildman–Crippen LogP) is 4.60. The topological polar surface area (TPSA) is 51.5 Å². The number of phenolic OH excluding ortho intramolecular Hbond substituents is 1. The van der Waals surface area contributed by atoms with E-state index in [1.54, 1.807) is 13.0 Å². The highest BCUT2D eigenvalue weighted by atomic mass is 35.5. The van der Waals surface area contributed by atoms with Crippen LogP contribution < -0.4 is 4.74 Å². The summed E-state index contributed by atoms with van der Waals surface area (Å²) in [5, 5.41) is 10.5. The number of alkyl halides is 2. The molecule has 1 N–H and O–H groups in total. The molecule has 3 aromatic rings. The van der Waals surface area contributed by atoms with Crippen LogP contribution in [0.5, 0.6) is 11.5 Å². The smallest absolute Gasteiger partial charge is 0.387 e. The molecule has 124 valence electrons. The maximum Gasteiger partial charge on any atom is 0.387 e. The number of aromatic hydroxyl groups is 1. The SMILES string of the molecule is Cc1cc2cc(O)c(Cl)cc2n1C(=O)c1ccc(OC(F)F)cc1. The highest BCUT2D eigenvalue weighted by Gasteiger charge is 2.17. The van der Waals surface area contributed by atoms with Crippen molar-refractivity contribution in [3.63, 3.8) is 0 Å². The van der Waals surface area contributed by atoms with Gasteiger partial charge < -0.3 is 9.84 Å². The lowest BCUT2D eigenvalue weighted by atomic mass is 10.2. The Morgan fingerprint density at radius 3 is 2.50 bits per heavy atom. The first-order valence-electron chi connectivity index (χ1n) is 6.97. The maximum absolute atomic E-state index is 12.7. The van der Waals surface area contributed by atoms with E-state index in [-0.39, 0.29) is 22.4 Å². The average Bonchev–Trinajstić information content (AvgIpc) is 2.82. The third kappa shape index (κ3) is 2.92. The number of carbonyl (C=O) groups is 1. The van der Waals surface area contributed by atoms with Gasteiger partial charge in [-0.2, -0.15) is 8.78 Å². The number of phenols is 1. The van der Waals surface area contributed by atoms with Gasteiger partial charge in [-0.05, 0) is 49.4 Å². The molecule has 2 aromatic carbocycles. The first-order chi connectivity index (χ1) is 11.4. The molecule has 0 bridgehead atoms. The van der Waals surface area contributed by atoms with Crippen LogP contribution in [0.4, 0.5) is 8.78 Å². The maximum atomic E-state index is 12.7. The first-order valence-corrected chi connectivity index (χ1v) is 7.35. The summed E-state index contributed by atoms with van der Waals surface area (Å²) in [6.45, 7) is -1.17. The van der Waals surface area contributed by atoms with E-state index in [2.05, 4.69) is 4.74 Å². The van der Waals surface area contributed by atoms with E-state index in [1.807, 2.05) is 0 Å². The number of aryl methyl sites for hydroxylation is 1. The van der Waals surface area contributed by atoms with Gasteiger partial charge in [-0.3, -0.25) is 9.36 Å². The number of halogens is 3. The highest BCUT2D eigenvalue weighted by Crippen LogP contribution is 2.31. The zero-order chi connectivity index (χ0) is 17.4. The average molecular weight is 352 g/mol. The predicted molar refractivity (Wildman–Crippen MR) is 86.2 cm³/mol. The Labute approximate surface area is 140 Å². The van der Waals surface area contributed by atoms with Gasteiger partial charge >= 0.3 is 6.61 Å². The summed E-state index contributed by atoms with van der Waals surface area (Å²) in [7, 11) is 0. The van der Waals surface area contributed by atoms with Crippen molar-refractivity contribution in [3.8, 4) is 11.5 Å². The number of aromatic nitrogens is 1. The second-order valence-electron chi connectivity index (χ2n) is 5.19. The number of ether oxygens (including phenoxy) is 1. The molecule has 0 saturated carbocycles. The Hall–Kier alpha value is -2.60. The van der Waals surface area contributed by atoms with Crippen molar-refractivity contribution in [2.75, 3.05) is 0 Å². The van der Waals surface area contributed by atoms with Gasteiger partial charge in [-0.1, -0.05) is 11.6 Å². The molecule has 0 saturated heterocycles. The summed E-state index contributed by atoms with van der Waals surface area (Å²) >= 11 is 5.93. The summed E-state index contributed by atoms with van der Waals surface area (Å²) in [4.78, 5) is 12.7. The number of nitrogens with zero attached hydrogens (tertiary/aromatic N) is 1. The Balaban J connectivity index is 2.02. The Morgan fingerprint density at radius 1 is 1.21 bits per heavy atom. The van der Waals surface area contributed by atoms with Crippen LogP contribution in [0.3, 0.4) is 0 Å². The Bertz CT molecular complexity index is 920. The summed E-state index contributed by atoms with van der Waals surface area (Å²) < 4.78 is 30.1. The molecule has 0 atom stereocenters. The number of fused-ring (bicyclic) bond motifs is 1. The lowest BCUT2D eigenvalue weighted by Gasteiger charge is -2.09. The van der Waals surface area contributed by atoms with Crippen molar-refractivity contribution >= 4 is 28.4 Å². The molecule has 24 heavy (non-hydrogen) atoms. The Kier molecular flexibility index (Phi) is 4.15. The van der Waals surface area contributed by atoms with Crippen molar-refractivity contribution in [1.82, 2.24) is 4.57 Å². The van der Waals surface area contributed by atoms with Crippen LogP contribution in [-0.4, -0.2) is 22.2 Å². The molecule has 0 radical (unpaired) electrons. The van der Waals surface area contributed by atoms with Gasteiger partial charge in [0.15, 0.2) is 0 Å². The minimum atomic E-state index is -2.92. The second kappa shape index (κ2) is 6.13. The number of hydrogen-bond donors (Lipinski definition) is 1. The third-order valence-corrected chi connectivity index (χ3v) is 3.89. The third-order valence-electron chi connectivity index (χ3n) is 3.58. The number of rotatable bonds is 3. The minimum absolute atomic E-state index is 0.0244. The normalized spacial score (nSPS) is 11.2. The molecule has 0 fully saturated rings. The van der Waals surface area contributed by atoms with Gasteiger partial charge in [-0.25, -0.2) is 0 Å². The fraction of sp³-hybridized carbons (Fsp3) is 0.118. The number of hydrogen-bond acceptors (Lipinski definition) is 3. The van der Waals surface area contributed by atoms with Crippen LogP contribution in [0, 0.1) is 6.92 Å². The van der Waals surface area contributed by atoms with Crippen LogP contribution in [0.2, 0.25) is 5.02 Å². The molecule has 0 spiro atoms. The zero-order valence-corrected chi connectivity index (χ0v) is 13.2. The molecule has 0 aliphatic rings. The van der Waals surface area contributed by atoms with Crippen molar-refractivity contribution in [2.45, 2.75) is 13.5 Å². The fourth-order valence-electron chi connectivity index (χ4n) is 2.53. The summed E-state index contributed by atoms with van der Waals surface area (Å²) in [5.41, 5.74) is 1.51. The largest absolute Gasteiger partial charge is 0.506 e. The van der Waals surface area contributed by atoms with E-state index in [4.69, 9.17) is 11.6 Å². The van der Waals surface area contributed by atoms with Crippen molar-refractivity contribution in [3.05, 3.63) is 58.7 Å². The van der Waals surface area contributed by atoms with Crippen molar-refractivity contribution < 1.29 is 23.4 Å². The molecule has 3 rings (SSSR count). The van der Waals surface area contributed by atoms with E-state index >= 15 is 0 Å². The molecule has 7 heteroatoms. The lowest BCUT2D eigenvalue weighted by Crippen LogP contribution is -2.13. The monoisotopic (exact) mass is 351 g/mol. The number of benzene rings is 2. The van der Waals surface area contributed by atoms with E-state index in [0.29, 0.717) is 22.2 Å². The van der Waals surface area contributed by atoms with Gasteiger partial charge in [0.1, 0.15) is 11.5 Å². The fourth-order valence-corrected chi connectivity index (χ4v) is 2.69. The van der Waals surface area contributed by atoms with E-state index in [1.165, 1.54) is 41.0 Å². The van der Waals surface area contributed by atoms with Crippen LogP contribution >= 0.6 is 11.6 Å². The highest BCUT2D eigenvalue weighted by molar-refractivity contribution is 6.32. The second-order valence-corrected chi connectivity index (χ2v) is 5.60. The van der Waals surface area contributed by atoms with Gasteiger partial charge in [0.05, 0.1) is 10.5 Å². The van der Waals surface area contributed by atoms with Gasteiger partial charge in [0, 0.05) is 16.6 Å². The molecule has 0 unspecified atom stereocenters. The summed E-state index contributed by atoms with van der Waals surface area (Å²) in [6, 6.07) is 10.2. The van der Waals surface area contributed by atoms with Gasteiger partial charge in [0.25, 0.3) is 5.91 Å². The molecule has 0 aliphatic heterocycles. The quantitative estimate of drug-likeness (QED) is 0.750. The Morgan fingerprint density at radius 2 is 1.88 bits per heavy atom. The van der Waals surface area contributed by atoms with E-state index in [0.717, 1.165) is 0 Å². The van der Waals surface area contributed by atoms with Crippen LogP contribution in [-0.2, 0) is 0 Å². The van der Waals surface area contributed by atoms with Crippen LogP contribution in [0.15, 0.2) is 42.5 Å². The summed E-state index contributed by atoms with van der Waals surface area (Å²) in [5.74, 6) is -0.432. The van der Waals surface area contributed by atoms with Gasteiger partial charge in [0.2, 0.25) is 0 Å². The van der Waals surface area contributed by atoms with Crippen molar-refractivity contribution in [1.29, 1.82) is 0 Å².